The minimum Gasteiger partial charge on any atom is -0.495 e. The summed E-state index contributed by atoms with van der Waals surface area (Å²) in [6.45, 7) is 3.76. The summed E-state index contributed by atoms with van der Waals surface area (Å²) in [6.07, 6.45) is 5.74. The lowest BCUT2D eigenvalue weighted by Crippen LogP contribution is -2.54. The number of anilines is 1. The first-order chi connectivity index (χ1) is 14.1. The Morgan fingerprint density at radius 1 is 1.28 bits per heavy atom. The van der Waals surface area contributed by atoms with Crippen molar-refractivity contribution in [3.05, 3.63) is 24.3 Å². The highest BCUT2D eigenvalue weighted by Crippen LogP contribution is 2.40. The molecule has 3 aliphatic heterocycles. The van der Waals surface area contributed by atoms with E-state index in [0.29, 0.717) is 30.9 Å². The number of hydrogen-bond donors (Lipinski definition) is 1. The molecular weight excluding hydrogens is 370 g/mol. The Hall–Kier alpha value is -2.28. The van der Waals surface area contributed by atoms with Gasteiger partial charge in [0, 0.05) is 39.2 Å². The first-order valence-electron chi connectivity index (χ1n) is 10.7. The number of nitrogens with zero attached hydrogens (tertiary/aromatic N) is 2. The van der Waals surface area contributed by atoms with Gasteiger partial charge in [-0.2, -0.15) is 0 Å². The van der Waals surface area contributed by atoms with E-state index in [-0.39, 0.29) is 23.5 Å². The number of methoxy groups -OCH3 is 1. The van der Waals surface area contributed by atoms with Gasteiger partial charge in [0.1, 0.15) is 5.75 Å². The van der Waals surface area contributed by atoms with Crippen LogP contribution in [0.15, 0.2) is 24.3 Å². The summed E-state index contributed by atoms with van der Waals surface area (Å²) >= 11 is 0. The number of carbonyl (C=O) groups is 2. The second kappa shape index (κ2) is 8.61. The van der Waals surface area contributed by atoms with Crippen LogP contribution in [0.2, 0.25) is 0 Å². The summed E-state index contributed by atoms with van der Waals surface area (Å²) in [4.78, 5) is 29.1. The number of benzene rings is 1. The number of ether oxygens (including phenoxy) is 2. The fourth-order valence-corrected chi connectivity index (χ4v) is 4.84. The van der Waals surface area contributed by atoms with Crippen molar-refractivity contribution in [3.8, 4) is 5.75 Å². The van der Waals surface area contributed by atoms with Crippen molar-refractivity contribution >= 4 is 17.6 Å². The molecule has 0 aliphatic carbocycles. The maximum absolute atomic E-state index is 12.7. The average molecular weight is 402 g/mol. The molecule has 1 aromatic rings. The largest absolute Gasteiger partial charge is 0.495 e. The van der Waals surface area contributed by atoms with Crippen molar-refractivity contribution in [2.75, 3.05) is 45.2 Å². The normalized spacial score (nSPS) is 24.0. The van der Waals surface area contributed by atoms with Gasteiger partial charge in [0.05, 0.1) is 18.9 Å². The molecule has 29 heavy (non-hydrogen) atoms. The summed E-state index contributed by atoms with van der Waals surface area (Å²) in [5.41, 5.74) is 0.819. The molecule has 3 heterocycles. The summed E-state index contributed by atoms with van der Waals surface area (Å²) < 4.78 is 11.1. The van der Waals surface area contributed by atoms with Crippen LogP contribution in [-0.2, 0) is 9.53 Å². The van der Waals surface area contributed by atoms with Gasteiger partial charge in [-0.3, -0.25) is 4.79 Å². The predicted octanol–water partition coefficient (Wildman–Crippen LogP) is 3.11. The highest BCUT2D eigenvalue weighted by atomic mass is 16.5. The molecule has 7 nitrogen and oxygen atoms in total. The molecule has 0 radical (unpaired) electrons. The standard InChI is InChI=1S/C22H31N3O4/c1-28-19-7-3-2-6-18(19)23-21(27)24-12-10-22(11-13-24)9-8-20(26)25(16-22)15-17-5-4-14-29-17/h2-3,6-7,17H,4-5,8-16H2,1H3,(H,23,27)/t17-/m1/s1. The third-order valence-electron chi connectivity index (χ3n) is 6.66. The zero-order valence-electron chi connectivity index (χ0n) is 17.2. The van der Waals surface area contributed by atoms with Crippen molar-refractivity contribution in [1.29, 1.82) is 0 Å². The van der Waals surface area contributed by atoms with E-state index in [0.717, 1.165) is 51.8 Å². The van der Waals surface area contributed by atoms with E-state index in [2.05, 4.69) is 5.32 Å². The minimum absolute atomic E-state index is 0.0903. The average Bonchev–Trinajstić information content (AvgIpc) is 3.25. The molecule has 158 valence electrons. The Kier molecular flexibility index (Phi) is 5.94. The van der Waals surface area contributed by atoms with Crippen molar-refractivity contribution in [3.63, 3.8) is 0 Å². The van der Waals surface area contributed by atoms with E-state index < -0.39 is 0 Å². The number of rotatable bonds is 4. The Labute approximate surface area is 172 Å². The topological polar surface area (TPSA) is 71.1 Å². The molecular formula is C22H31N3O4. The predicted molar refractivity (Wildman–Crippen MR) is 110 cm³/mol. The molecule has 0 aromatic heterocycles. The lowest BCUT2D eigenvalue weighted by atomic mass is 9.72. The number of piperidine rings is 2. The quantitative estimate of drug-likeness (QED) is 0.842. The Bertz CT molecular complexity index is 739. The highest BCUT2D eigenvalue weighted by Gasteiger charge is 2.42. The van der Waals surface area contributed by atoms with Crippen LogP contribution in [0.25, 0.3) is 0 Å². The third-order valence-corrected chi connectivity index (χ3v) is 6.66. The smallest absolute Gasteiger partial charge is 0.321 e. The van der Waals surface area contributed by atoms with Crippen LogP contribution >= 0.6 is 0 Å². The van der Waals surface area contributed by atoms with E-state index in [9.17, 15) is 9.59 Å². The number of nitrogens with one attached hydrogen (secondary N) is 1. The molecule has 0 bridgehead atoms. The Morgan fingerprint density at radius 2 is 2.07 bits per heavy atom. The fourth-order valence-electron chi connectivity index (χ4n) is 4.84. The Balaban J connectivity index is 1.33. The Morgan fingerprint density at radius 3 is 2.79 bits per heavy atom. The van der Waals surface area contributed by atoms with Gasteiger partial charge in [-0.1, -0.05) is 12.1 Å². The van der Waals surface area contributed by atoms with Crippen LogP contribution < -0.4 is 10.1 Å². The van der Waals surface area contributed by atoms with E-state index in [1.807, 2.05) is 34.1 Å². The number of amides is 3. The van der Waals surface area contributed by atoms with Crippen LogP contribution in [0, 0.1) is 5.41 Å². The molecule has 1 aromatic carbocycles. The lowest BCUT2D eigenvalue weighted by molar-refractivity contribution is -0.140. The van der Waals surface area contributed by atoms with Gasteiger partial charge in [0.2, 0.25) is 5.91 Å². The maximum atomic E-state index is 12.7. The van der Waals surface area contributed by atoms with Crippen molar-refractivity contribution in [2.45, 2.75) is 44.6 Å². The van der Waals surface area contributed by atoms with Crippen molar-refractivity contribution < 1.29 is 19.1 Å². The number of para-hydroxylation sites is 2. The van der Waals surface area contributed by atoms with Crippen LogP contribution in [0.1, 0.15) is 38.5 Å². The fraction of sp³-hybridized carbons (Fsp3) is 0.636. The van der Waals surface area contributed by atoms with Crippen LogP contribution in [0.4, 0.5) is 10.5 Å². The number of urea groups is 1. The van der Waals surface area contributed by atoms with E-state index >= 15 is 0 Å². The zero-order valence-corrected chi connectivity index (χ0v) is 17.2. The van der Waals surface area contributed by atoms with Crippen LogP contribution in [0.3, 0.4) is 0 Å². The van der Waals surface area contributed by atoms with Gasteiger partial charge in [-0.05, 0) is 49.7 Å². The zero-order chi connectivity index (χ0) is 20.3. The summed E-state index contributed by atoms with van der Waals surface area (Å²) in [5, 5.41) is 2.97. The molecule has 1 spiro atoms. The molecule has 1 N–H and O–H groups in total. The van der Waals surface area contributed by atoms with Gasteiger partial charge in [-0.25, -0.2) is 4.79 Å². The van der Waals surface area contributed by atoms with Crippen LogP contribution in [-0.4, -0.2) is 67.7 Å². The van der Waals surface area contributed by atoms with Crippen molar-refractivity contribution in [1.82, 2.24) is 9.80 Å². The summed E-state index contributed by atoms with van der Waals surface area (Å²) in [6, 6.07) is 7.35. The first kappa shape index (κ1) is 20.0. The number of hydrogen-bond acceptors (Lipinski definition) is 4. The van der Waals surface area contributed by atoms with E-state index in [1.165, 1.54) is 0 Å². The molecule has 3 amide bonds. The molecule has 1 atom stereocenters. The molecule has 3 fully saturated rings. The summed E-state index contributed by atoms with van der Waals surface area (Å²) in [5.74, 6) is 0.910. The first-order valence-corrected chi connectivity index (χ1v) is 10.7. The highest BCUT2D eigenvalue weighted by molar-refractivity contribution is 5.91. The van der Waals surface area contributed by atoms with Gasteiger partial charge >= 0.3 is 6.03 Å². The lowest BCUT2D eigenvalue weighted by Gasteiger charge is -2.47. The van der Waals surface area contributed by atoms with E-state index in [4.69, 9.17) is 9.47 Å². The monoisotopic (exact) mass is 401 g/mol. The second-order valence-electron chi connectivity index (χ2n) is 8.53. The molecule has 7 heteroatoms. The van der Waals surface area contributed by atoms with Gasteiger partial charge in [-0.15, -0.1) is 0 Å². The molecule has 3 saturated heterocycles. The molecule has 4 rings (SSSR count). The third kappa shape index (κ3) is 4.50. The maximum Gasteiger partial charge on any atom is 0.321 e. The summed E-state index contributed by atoms with van der Waals surface area (Å²) in [7, 11) is 1.60. The van der Waals surface area contributed by atoms with E-state index in [1.54, 1.807) is 7.11 Å². The molecule has 0 unspecified atom stereocenters. The van der Waals surface area contributed by atoms with Crippen LogP contribution in [0.5, 0.6) is 5.75 Å². The van der Waals surface area contributed by atoms with Gasteiger partial charge < -0.3 is 24.6 Å². The minimum atomic E-state index is -0.0903. The second-order valence-corrected chi connectivity index (χ2v) is 8.53. The number of likely N-dealkylation sites (tertiary alicyclic amines) is 2. The van der Waals surface area contributed by atoms with Gasteiger partial charge in [0.15, 0.2) is 0 Å². The number of carbonyl (C=O) groups excluding carboxylic acids is 2. The molecule has 0 saturated carbocycles. The van der Waals surface area contributed by atoms with Crippen molar-refractivity contribution in [2.24, 2.45) is 5.41 Å². The van der Waals surface area contributed by atoms with Gasteiger partial charge in [0.25, 0.3) is 0 Å². The molecule has 3 aliphatic rings. The SMILES string of the molecule is COc1ccccc1NC(=O)N1CCC2(CCC(=O)N(C[C@H]3CCCO3)C2)CC1.